The Hall–Kier alpha value is -2.78. The Morgan fingerprint density at radius 3 is 2.56 bits per heavy atom. The highest BCUT2D eigenvalue weighted by Crippen LogP contribution is 2.22. The quantitative estimate of drug-likeness (QED) is 0.228. The molecule has 3 rings (SSSR count). The third kappa shape index (κ3) is 7.61. The first-order chi connectivity index (χ1) is 17.1. The Morgan fingerprint density at radius 1 is 1.19 bits per heavy atom. The Labute approximate surface area is 214 Å². The molecule has 1 aromatic carbocycles. The van der Waals surface area contributed by atoms with Crippen molar-refractivity contribution in [3.8, 4) is 0 Å². The van der Waals surface area contributed by atoms with Crippen LogP contribution in [0.5, 0.6) is 0 Å². The second kappa shape index (κ2) is 12.5. The fourth-order valence-electron chi connectivity index (χ4n) is 3.87. The summed E-state index contributed by atoms with van der Waals surface area (Å²) < 4.78 is 28.0. The van der Waals surface area contributed by atoms with Crippen molar-refractivity contribution in [3.63, 3.8) is 0 Å². The van der Waals surface area contributed by atoms with Gasteiger partial charge in [0.2, 0.25) is 15.0 Å². The minimum atomic E-state index is -4.14. The second-order valence-corrected chi connectivity index (χ2v) is 11.2. The van der Waals surface area contributed by atoms with E-state index in [0.717, 1.165) is 42.8 Å². The van der Waals surface area contributed by atoms with Crippen LogP contribution in [0.15, 0.2) is 22.0 Å². The average Bonchev–Trinajstić information content (AvgIpc) is 3.47. The minimum absolute atomic E-state index is 0.0295. The fourth-order valence-corrected chi connectivity index (χ4v) is 6.31. The predicted molar refractivity (Wildman–Crippen MR) is 136 cm³/mol. The lowest BCUT2D eigenvalue weighted by Gasteiger charge is -2.18. The summed E-state index contributed by atoms with van der Waals surface area (Å²) in [6.45, 7) is 6.25. The molecular weight excluding hydrogens is 506 g/mol. The van der Waals surface area contributed by atoms with Crippen molar-refractivity contribution in [3.05, 3.63) is 38.8 Å². The average molecular weight is 538 g/mol. The summed E-state index contributed by atoms with van der Waals surface area (Å²) in [6.07, 6.45) is 4.19. The number of benzene rings is 1. The van der Waals surface area contributed by atoms with E-state index in [1.165, 1.54) is 0 Å². The number of hydrogen-bond acceptors (Lipinski definition) is 10. The number of nitrogens with one attached hydrogen (secondary N) is 4. The topological polar surface area (TPSA) is 175 Å². The van der Waals surface area contributed by atoms with Gasteiger partial charge in [0.15, 0.2) is 6.29 Å². The molecule has 5 N–H and O–H groups in total. The first-order valence-corrected chi connectivity index (χ1v) is 13.8. The molecule has 1 amide bonds. The molecule has 196 valence electrons. The largest absolute Gasteiger partial charge is 0.480 e. The van der Waals surface area contributed by atoms with Crippen LogP contribution in [0.25, 0.3) is 0 Å². The third-order valence-electron chi connectivity index (χ3n) is 5.41. The van der Waals surface area contributed by atoms with Gasteiger partial charge in [-0.3, -0.25) is 25.2 Å². The number of unbranched alkanes of at least 4 members (excludes halogenated alkanes) is 1. The number of aliphatic carboxylic acids is 1. The zero-order valence-corrected chi connectivity index (χ0v) is 22.0. The number of hydrogen-bond donors (Lipinski definition) is 5. The van der Waals surface area contributed by atoms with Gasteiger partial charge in [0.05, 0.1) is 4.90 Å². The Kier molecular flexibility index (Phi) is 9.62. The van der Waals surface area contributed by atoms with Crippen LogP contribution >= 0.6 is 11.3 Å². The molecule has 0 aliphatic carbocycles. The molecule has 14 heteroatoms. The maximum Gasteiger partial charge on any atom is 0.323 e. The summed E-state index contributed by atoms with van der Waals surface area (Å²) in [5.74, 6) is -2.02. The highest BCUT2D eigenvalue weighted by molar-refractivity contribution is 7.89. The summed E-state index contributed by atoms with van der Waals surface area (Å²) in [4.78, 5) is 28.5. The normalized spacial score (nSPS) is 16.2. The molecule has 0 radical (unpaired) electrons. The van der Waals surface area contributed by atoms with Gasteiger partial charge in [-0.1, -0.05) is 29.0 Å². The number of aliphatic imine (C=N–C) groups is 1. The van der Waals surface area contributed by atoms with Crippen LogP contribution in [-0.4, -0.2) is 73.8 Å². The maximum absolute atomic E-state index is 12.9. The van der Waals surface area contributed by atoms with E-state index in [9.17, 15) is 23.1 Å². The van der Waals surface area contributed by atoms with Crippen molar-refractivity contribution in [1.82, 2.24) is 30.9 Å². The van der Waals surface area contributed by atoms with Gasteiger partial charge in [0, 0.05) is 25.7 Å². The van der Waals surface area contributed by atoms with E-state index < -0.39 is 34.5 Å². The monoisotopic (exact) mass is 537 g/mol. The molecule has 2 aromatic rings. The summed E-state index contributed by atoms with van der Waals surface area (Å²) in [5, 5.41) is 27.1. The summed E-state index contributed by atoms with van der Waals surface area (Å²) in [6, 6.07) is 1.87. The van der Waals surface area contributed by atoms with Crippen LogP contribution in [0.3, 0.4) is 0 Å². The van der Waals surface area contributed by atoms with E-state index in [-0.39, 0.29) is 16.2 Å². The van der Waals surface area contributed by atoms with E-state index in [2.05, 4.69) is 35.9 Å². The number of aromatic nitrogens is 2. The van der Waals surface area contributed by atoms with Crippen molar-refractivity contribution < 1.29 is 23.1 Å². The lowest BCUT2D eigenvalue weighted by molar-refractivity contribution is -0.138. The molecule has 0 saturated heterocycles. The zero-order chi connectivity index (χ0) is 26.3. The van der Waals surface area contributed by atoms with Crippen molar-refractivity contribution in [1.29, 1.82) is 0 Å². The molecular formula is C22H31N7O5S2. The Balaban J connectivity index is 1.51. The van der Waals surface area contributed by atoms with Crippen LogP contribution in [0.4, 0.5) is 0 Å². The molecule has 0 fully saturated rings. The Bertz CT molecular complexity index is 1210. The van der Waals surface area contributed by atoms with Gasteiger partial charge in [-0.15, -0.1) is 10.2 Å². The molecule has 1 aliphatic heterocycles. The van der Waals surface area contributed by atoms with Crippen molar-refractivity contribution in [2.75, 3.05) is 19.6 Å². The molecule has 1 aliphatic rings. The number of nitrogens with zero attached hydrogens (tertiary/aromatic N) is 3. The number of sulfonamides is 1. The van der Waals surface area contributed by atoms with Gasteiger partial charge in [-0.2, -0.15) is 4.72 Å². The Morgan fingerprint density at radius 2 is 1.92 bits per heavy atom. The van der Waals surface area contributed by atoms with Crippen molar-refractivity contribution in [2.24, 2.45) is 4.99 Å². The first kappa shape index (κ1) is 27.8. The van der Waals surface area contributed by atoms with E-state index >= 15 is 0 Å². The van der Waals surface area contributed by atoms with Gasteiger partial charge < -0.3 is 10.4 Å². The van der Waals surface area contributed by atoms with E-state index in [1.54, 1.807) is 26.0 Å². The van der Waals surface area contributed by atoms with Crippen LogP contribution in [0.1, 0.15) is 44.3 Å². The zero-order valence-electron chi connectivity index (χ0n) is 20.4. The van der Waals surface area contributed by atoms with Gasteiger partial charge in [0.1, 0.15) is 11.0 Å². The van der Waals surface area contributed by atoms with E-state index in [4.69, 9.17) is 0 Å². The molecule has 36 heavy (non-hydrogen) atoms. The van der Waals surface area contributed by atoms with Gasteiger partial charge in [-0.25, -0.2) is 8.42 Å². The number of carbonyl (C=O) groups excluding carboxylic acids is 1. The van der Waals surface area contributed by atoms with Crippen molar-refractivity contribution in [2.45, 2.75) is 57.3 Å². The highest BCUT2D eigenvalue weighted by atomic mass is 32.2. The molecule has 0 bridgehead atoms. The minimum Gasteiger partial charge on any atom is -0.480 e. The number of carbonyl (C=O) groups is 2. The fraction of sp³-hybridized carbons (Fsp3) is 0.500. The van der Waals surface area contributed by atoms with Crippen LogP contribution in [-0.2, 0) is 21.2 Å². The first-order valence-electron chi connectivity index (χ1n) is 11.5. The van der Waals surface area contributed by atoms with Crippen LogP contribution in [0, 0.1) is 20.8 Å². The number of amides is 1. The summed E-state index contributed by atoms with van der Waals surface area (Å²) in [7, 11) is -4.14. The molecule has 1 aromatic heterocycles. The molecule has 0 saturated carbocycles. The standard InChI is InChI=1S/C22H31N7O5S2/c1-13-10-14(2)18(15(3)11-13)36(33,34)29-16(21(31)32)12-26-19(30)20-28-27-17(35-20)6-4-5-7-23-22-24-8-9-25-22/h8,10-11,16,22-23,25,29H,4-7,9,12H2,1-3H3,(H,26,30)(H,31,32)/t16-,22?/m0/s1. The van der Waals surface area contributed by atoms with Crippen molar-refractivity contribution >= 4 is 39.5 Å². The van der Waals surface area contributed by atoms with Gasteiger partial charge in [-0.05, 0) is 51.3 Å². The molecule has 12 nitrogen and oxygen atoms in total. The molecule has 2 atom stereocenters. The smallest absolute Gasteiger partial charge is 0.323 e. The number of carboxylic acid groups (broad SMARTS) is 1. The predicted octanol–water partition coefficient (Wildman–Crippen LogP) is 0.495. The van der Waals surface area contributed by atoms with Gasteiger partial charge in [0.25, 0.3) is 5.91 Å². The molecule has 1 unspecified atom stereocenters. The lowest BCUT2D eigenvalue weighted by Crippen LogP contribution is -2.48. The number of aryl methyl sites for hydroxylation is 4. The summed E-state index contributed by atoms with van der Waals surface area (Å²) >= 11 is 1.12. The molecule has 0 spiro atoms. The van der Waals surface area contributed by atoms with E-state index in [0.29, 0.717) is 22.6 Å². The lowest BCUT2D eigenvalue weighted by atomic mass is 10.1. The number of carboxylic acids is 1. The molecule has 2 heterocycles. The van der Waals surface area contributed by atoms with Crippen LogP contribution in [0.2, 0.25) is 0 Å². The third-order valence-corrected chi connectivity index (χ3v) is 8.17. The maximum atomic E-state index is 12.9. The SMILES string of the molecule is Cc1cc(C)c(S(=O)(=O)N[C@@H](CNC(=O)c2nnc(CCCCNC3N=CCN3)s2)C(=O)O)c(C)c1. The number of rotatable bonds is 13. The summed E-state index contributed by atoms with van der Waals surface area (Å²) in [5.41, 5.74) is 1.92. The van der Waals surface area contributed by atoms with Crippen LogP contribution < -0.4 is 20.7 Å². The van der Waals surface area contributed by atoms with Gasteiger partial charge >= 0.3 is 5.97 Å². The van der Waals surface area contributed by atoms with E-state index in [1.807, 2.05) is 13.1 Å². The second-order valence-electron chi connectivity index (χ2n) is 8.50. The highest BCUT2D eigenvalue weighted by Gasteiger charge is 2.28.